The van der Waals surface area contributed by atoms with Crippen molar-refractivity contribution in [3.63, 3.8) is 0 Å². The second-order valence-corrected chi connectivity index (χ2v) is 3.46. The van der Waals surface area contributed by atoms with Gasteiger partial charge >= 0.3 is 6.18 Å². The fourth-order valence-corrected chi connectivity index (χ4v) is 0.890. The Morgan fingerprint density at radius 3 is 2.24 bits per heavy atom. The van der Waals surface area contributed by atoms with Crippen LogP contribution in [0.2, 0.25) is 0 Å². The van der Waals surface area contributed by atoms with Crippen molar-refractivity contribution in [2.45, 2.75) is 26.9 Å². The van der Waals surface area contributed by atoms with E-state index in [0.717, 1.165) is 6.20 Å². The molecule has 0 amide bonds. The Kier molecular flexibility index (Phi) is 5.64. The maximum atomic E-state index is 11.8. The Morgan fingerprint density at radius 2 is 1.88 bits per heavy atom. The number of Topliss-reactive ketones (excluding diaryl/α,β-unsaturated/α-hetero) is 1. The number of allylic oxidation sites excluding steroid dienone is 2. The second-order valence-electron chi connectivity index (χ2n) is 3.46. The van der Waals surface area contributed by atoms with Crippen LogP contribution in [0, 0.1) is 0 Å². The van der Waals surface area contributed by atoms with E-state index < -0.39 is 12.8 Å². The molecule has 6 heteroatoms. The SMILES string of the molecule is C=C(C)C(=N/C=C(\C)OCC(F)(F)F)C(C)=O. The Labute approximate surface area is 97.7 Å². The molecule has 0 rings (SSSR count). The standard InChI is InChI=1S/C11H14F3NO2/c1-7(2)10(9(4)16)15-5-8(3)17-6-11(12,13)14/h5H,1,6H2,2-4H3/b8-5+,15-10?. The minimum absolute atomic E-state index is 0.0256. The summed E-state index contributed by atoms with van der Waals surface area (Å²) in [5.41, 5.74) is 0.553. The molecule has 0 saturated heterocycles. The molecule has 96 valence electrons. The fraction of sp³-hybridized carbons (Fsp3) is 0.455. The van der Waals surface area contributed by atoms with Crippen molar-refractivity contribution in [2.24, 2.45) is 4.99 Å². The van der Waals surface area contributed by atoms with Crippen LogP contribution in [0.5, 0.6) is 0 Å². The van der Waals surface area contributed by atoms with Gasteiger partial charge in [0.05, 0.1) is 6.20 Å². The van der Waals surface area contributed by atoms with Crippen LogP contribution < -0.4 is 0 Å². The van der Waals surface area contributed by atoms with Gasteiger partial charge in [-0.3, -0.25) is 4.79 Å². The molecule has 17 heavy (non-hydrogen) atoms. The third-order valence-corrected chi connectivity index (χ3v) is 1.58. The van der Waals surface area contributed by atoms with E-state index in [-0.39, 0.29) is 17.3 Å². The summed E-state index contributed by atoms with van der Waals surface area (Å²) >= 11 is 0. The third kappa shape index (κ3) is 7.32. The van der Waals surface area contributed by atoms with E-state index in [2.05, 4.69) is 16.3 Å². The summed E-state index contributed by atoms with van der Waals surface area (Å²) in [7, 11) is 0. The summed E-state index contributed by atoms with van der Waals surface area (Å²) in [6.07, 6.45) is -3.33. The van der Waals surface area contributed by atoms with Gasteiger partial charge in [-0.25, -0.2) is 4.99 Å². The number of alkyl halides is 3. The van der Waals surface area contributed by atoms with Crippen molar-refractivity contribution in [3.8, 4) is 0 Å². The summed E-state index contributed by atoms with van der Waals surface area (Å²) in [5, 5.41) is 0. The number of aliphatic imine (C=N–C) groups is 1. The zero-order valence-electron chi connectivity index (χ0n) is 9.89. The lowest BCUT2D eigenvalue weighted by molar-refractivity contribution is -0.164. The molecular weight excluding hydrogens is 235 g/mol. The van der Waals surface area contributed by atoms with Crippen molar-refractivity contribution < 1.29 is 22.7 Å². The van der Waals surface area contributed by atoms with E-state index in [1.165, 1.54) is 13.8 Å². The molecule has 0 aliphatic heterocycles. The summed E-state index contributed by atoms with van der Waals surface area (Å²) in [5.74, 6) is -0.334. The van der Waals surface area contributed by atoms with Gasteiger partial charge in [-0.1, -0.05) is 6.58 Å². The van der Waals surface area contributed by atoms with E-state index in [0.29, 0.717) is 5.57 Å². The Bertz CT molecular complexity index is 351. The van der Waals surface area contributed by atoms with Crippen LogP contribution in [0.25, 0.3) is 0 Å². The lowest BCUT2D eigenvalue weighted by Crippen LogP contribution is -2.16. The molecule has 0 bridgehead atoms. The Balaban J connectivity index is 4.63. The van der Waals surface area contributed by atoms with E-state index in [4.69, 9.17) is 0 Å². The van der Waals surface area contributed by atoms with Crippen molar-refractivity contribution >= 4 is 11.5 Å². The quantitative estimate of drug-likeness (QED) is 0.555. The first-order valence-electron chi connectivity index (χ1n) is 4.74. The zero-order chi connectivity index (χ0) is 13.6. The van der Waals surface area contributed by atoms with E-state index in [9.17, 15) is 18.0 Å². The molecule has 0 heterocycles. The minimum Gasteiger partial charge on any atom is -0.487 e. The fourth-order valence-electron chi connectivity index (χ4n) is 0.890. The number of carbonyl (C=O) groups is 1. The molecule has 0 aromatic carbocycles. The highest BCUT2D eigenvalue weighted by Crippen LogP contribution is 2.16. The molecule has 0 aromatic rings. The summed E-state index contributed by atoms with van der Waals surface area (Å²) < 4.78 is 39.8. The highest BCUT2D eigenvalue weighted by atomic mass is 19.4. The van der Waals surface area contributed by atoms with Gasteiger partial charge in [0, 0.05) is 6.92 Å². The number of ether oxygens (including phenoxy) is 1. The lowest BCUT2D eigenvalue weighted by Gasteiger charge is -2.08. The minimum atomic E-state index is -4.39. The molecule has 0 aliphatic rings. The van der Waals surface area contributed by atoms with Gasteiger partial charge in [-0.05, 0) is 19.4 Å². The highest BCUT2D eigenvalue weighted by Gasteiger charge is 2.28. The average Bonchev–Trinajstić information content (AvgIpc) is 2.12. The van der Waals surface area contributed by atoms with Gasteiger partial charge in [0.2, 0.25) is 0 Å². The molecule has 0 unspecified atom stereocenters. The van der Waals surface area contributed by atoms with Gasteiger partial charge in [0.1, 0.15) is 11.5 Å². The van der Waals surface area contributed by atoms with Crippen LogP contribution in [0.15, 0.2) is 29.1 Å². The summed E-state index contributed by atoms with van der Waals surface area (Å²) in [6, 6.07) is 0. The number of carbonyl (C=O) groups excluding carboxylic acids is 1. The van der Waals surface area contributed by atoms with Crippen LogP contribution in [-0.2, 0) is 9.53 Å². The molecular formula is C11H14F3NO2. The first kappa shape index (κ1) is 15.4. The smallest absolute Gasteiger partial charge is 0.422 e. The monoisotopic (exact) mass is 249 g/mol. The Morgan fingerprint density at radius 1 is 1.35 bits per heavy atom. The molecule has 0 aromatic heterocycles. The van der Waals surface area contributed by atoms with Gasteiger partial charge in [-0.2, -0.15) is 13.2 Å². The van der Waals surface area contributed by atoms with Crippen molar-refractivity contribution in [1.82, 2.24) is 0 Å². The van der Waals surface area contributed by atoms with E-state index in [1.807, 2.05) is 0 Å². The van der Waals surface area contributed by atoms with Gasteiger partial charge in [-0.15, -0.1) is 0 Å². The van der Waals surface area contributed by atoms with Gasteiger partial charge < -0.3 is 4.74 Å². The number of hydrogen-bond donors (Lipinski definition) is 0. The molecule has 3 nitrogen and oxygen atoms in total. The number of ketones is 1. The normalized spacial score (nSPS) is 13.5. The molecule has 0 fully saturated rings. The van der Waals surface area contributed by atoms with Gasteiger partial charge in [0.25, 0.3) is 0 Å². The molecule has 0 atom stereocenters. The van der Waals surface area contributed by atoms with Gasteiger partial charge in [0.15, 0.2) is 12.4 Å². The molecule has 0 spiro atoms. The highest BCUT2D eigenvalue weighted by molar-refractivity contribution is 6.45. The largest absolute Gasteiger partial charge is 0.487 e. The molecule has 0 aliphatic carbocycles. The number of nitrogens with zero attached hydrogens (tertiary/aromatic N) is 1. The van der Waals surface area contributed by atoms with E-state index >= 15 is 0 Å². The van der Waals surface area contributed by atoms with Crippen LogP contribution >= 0.6 is 0 Å². The molecule has 0 radical (unpaired) electrons. The summed E-state index contributed by atoms with van der Waals surface area (Å²) in [4.78, 5) is 14.8. The molecule has 0 saturated carbocycles. The predicted molar refractivity (Wildman–Crippen MR) is 58.7 cm³/mol. The number of rotatable bonds is 5. The van der Waals surface area contributed by atoms with Crippen molar-refractivity contribution in [1.29, 1.82) is 0 Å². The zero-order valence-corrected chi connectivity index (χ0v) is 9.89. The van der Waals surface area contributed by atoms with Crippen molar-refractivity contribution in [2.75, 3.05) is 6.61 Å². The first-order chi connectivity index (χ1) is 7.63. The number of hydrogen-bond acceptors (Lipinski definition) is 3. The number of halogens is 3. The Hall–Kier alpha value is -1.59. The topological polar surface area (TPSA) is 38.7 Å². The maximum absolute atomic E-state index is 11.8. The van der Waals surface area contributed by atoms with Crippen LogP contribution in [0.3, 0.4) is 0 Å². The van der Waals surface area contributed by atoms with Crippen LogP contribution in [-0.4, -0.2) is 24.3 Å². The second kappa shape index (κ2) is 6.22. The average molecular weight is 249 g/mol. The lowest BCUT2D eigenvalue weighted by atomic mass is 10.1. The summed E-state index contributed by atoms with van der Waals surface area (Å²) in [6.45, 7) is 6.36. The van der Waals surface area contributed by atoms with Crippen molar-refractivity contribution in [3.05, 3.63) is 24.1 Å². The molecule has 0 N–H and O–H groups in total. The predicted octanol–water partition coefficient (Wildman–Crippen LogP) is 3.03. The van der Waals surface area contributed by atoms with Crippen LogP contribution in [0.4, 0.5) is 13.2 Å². The first-order valence-corrected chi connectivity index (χ1v) is 4.74. The third-order valence-electron chi connectivity index (χ3n) is 1.58. The van der Waals surface area contributed by atoms with E-state index in [1.54, 1.807) is 6.92 Å². The van der Waals surface area contributed by atoms with Crippen LogP contribution in [0.1, 0.15) is 20.8 Å². The maximum Gasteiger partial charge on any atom is 0.422 e.